The molecule has 2 rings (SSSR count). The molecule has 21 heavy (non-hydrogen) atoms. The van der Waals surface area contributed by atoms with Crippen LogP contribution in [-0.2, 0) is 4.79 Å². The molecular formula is C17H25FN2O. The van der Waals surface area contributed by atoms with Gasteiger partial charge in [-0.05, 0) is 30.0 Å². The number of hydrogen-bond donors (Lipinski definition) is 1. The molecule has 3 unspecified atom stereocenters. The summed E-state index contributed by atoms with van der Waals surface area (Å²) in [6, 6.07) is 6.30. The van der Waals surface area contributed by atoms with Crippen molar-refractivity contribution < 1.29 is 9.18 Å². The second kappa shape index (κ2) is 7.03. The van der Waals surface area contributed by atoms with E-state index in [0.717, 1.165) is 31.4 Å². The highest BCUT2D eigenvalue weighted by molar-refractivity contribution is 5.84. The van der Waals surface area contributed by atoms with Crippen LogP contribution in [0.4, 0.5) is 4.39 Å². The molecule has 0 radical (unpaired) electrons. The van der Waals surface area contributed by atoms with Gasteiger partial charge in [0.25, 0.3) is 0 Å². The monoisotopic (exact) mass is 292 g/mol. The molecule has 1 heterocycles. The molecule has 0 spiro atoms. The molecular weight excluding hydrogens is 267 g/mol. The number of hydrogen-bond acceptors (Lipinski definition) is 2. The van der Waals surface area contributed by atoms with Gasteiger partial charge in [-0.1, -0.05) is 45.7 Å². The van der Waals surface area contributed by atoms with Gasteiger partial charge in [-0.2, -0.15) is 0 Å². The van der Waals surface area contributed by atoms with Crippen LogP contribution >= 0.6 is 0 Å². The van der Waals surface area contributed by atoms with Crippen molar-refractivity contribution in [3.8, 4) is 0 Å². The highest BCUT2D eigenvalue weighted by atomic mass is 19.1. The van der Waals surface area contributed by atoms with Gasteiger partial charge in [0.1, 0.15) is 12.0 Å². The van der Waals surface area contributed by atoms with E-state index in [-0.39, 0.29) is 23.9 Å². The van der Waals surface area contributed by atoms with Gasteiger partial charge in [-0.25, -0.2) is 4.39 Å². The Hall–Kier alpha value is -1.42. The molecule has 1 aromatic rings. The number of carbonyl (C=O) groups excluding carboxylic acids is 1. The predicted molar refractivity (Wildman–Crippen MR) is 82.1 cm³/mol. The number of halogens is 1. The summed E-state index contributed by atoms with van der Waals surface area (Å²) in [4.78, 5) is 14.6. The van der Waals surface area contributed by atoms with Crippen molar-refractivity contribution in [2.75, 3.05) is 6.54 Å². The molecule has 1 N–H and O–H groups in total. The van der Waals surface area contributed by atoms with Crippen LogP contribution in [0, 0.1) is 11.7 Å². The van der Waals surface area contributed by atoms with E-state index < -0.39 is 0 Å². The van der Waals surface area contributed by atoms with Gasteiger partial charge in [-0.3, -0.25) is 10.1 Å². The average Bonchev–Trinajstić information content (AvgIpc) is 2.82. The lowest BCUT2D eigenvalue weighted by Crippen LogP contribution is -2.35. The van der Waals surface area contributed by atoms with Gasteiger partial charge >= 0.3 is 0 Å². The zero-order chi connectivity index (χ0) is 15.4. The summed E-state index contributed by atoms with van der Waals surface area (Å²) in [5.74, 6) is 0.223. The van der Waals surface area contributed by atoms with Crippen molar-refractivity contribution in [3.63, 3.8) is 0 Å². The van der Waals surface area contributed by atoms with Gasteiger partial charge < -0.3 is 4.90 Å². The van der Waals surface area contributed by atoms with Crippen molar-refractivity contribution in [1.82, 2.24) is 10.2 Å². The van der Waals surface area contributed by atoms with E-state index in [9.17, 15) is 9.18 Å². The minimum Gasteiger partial charge on any atom is -0.322 e. The number of benzene rings is 1. The first-order valence-electron chi connectivity index (χ1n) is 7.90. The molecule has 1 aromatic carbocycles. The summed E-state index contributed by atoms with van der Waals surface area (Å²) >= 11 is 0. The molecule has 1 amide bonds. The van der Waals surface area contributed by atoms with Crippen LogP contribution in [-0.4, -0.2) is 23.4 Å². The number of amides is 1. The highest BCUT2D eigenvalue weighted by Gasteiger charge is 2.41. The maximum Gasteiger partial charge on any atom is 0.241 e. The van der Waals surface area contributed by atoms with Crippen molar-refractivity contribution >= 4 is 5.91 Å². The predicted octanol–water partition coefficient (Wildman–Crippen LogP) is 3.47. The Labute approximate surface area is 126 Å². The van der Waals surface area contributed by atoms with E-state index >= 15 is 0 Å². The van der Waals surface area contributed by atoms with E-state index in [1.165, 1.54) is 12.1 Å². The molecule has 0 bridgehead atoms. The van der Waals surface area contributed by atoms with Gasteiger partial charge in [0, 0.05) is 6.54 Å². The van der Waals surface area contributed by atoms with Crippen molar-refractivity contribution in [1.29, 1.82) is 0 Å². The first-order chi connectivity index (χ1) is 10.1. The normalized spacial score (nSPS) is 23.6. The topological polar surface area (TPSA) is 32.3 Å². The zero-order valence-corrected chi connectivity index (χ0v) is 13.1. The molecule has 1 fully saturated rings. The van der Waals surface area contributed by atoms with Crippen molar-refractivity contribution in [2.45, 2.75) is 52.2 Å². The van der Waals surface area contributed by atoms with E-state index in [4.69, 9.17) is 0 Å². The molecule has 3 atom stereocenters. The molecule has 4 heteroatoms. The Bertz CT molecular complexity index is 474. The summed E-state index contributed by atoms with van der Waals surface area (Å²) < 4.78 is 13.1. The smallest absolute Gasteiger partial charge is 0.241 e. The van der Waals surface area contributed by atoms with Gasteiger partial charge in [0.15, 0.2) is 0 Å². The second-order valence-corrected chi connectivity index (χ2v) is 5.87. The second-order valence-electron chi connectivity index (χ2n) is 5.87. The SMILES string of the molecule is CCCCN1C(=O)C(C(C)CC)NC1c1ccc(F)cc1. The van der Waals surface area contributed by atoms with E-state index in [1.54, 1.807) is 12.1 Å². The number of nitrogens with zero attached hydrogens (tertiary/aromatic N) is 1. The fraction of sp³-hybridized carbons (Fsp3) is 0.588. The van der Waals surface area contributed by atoms with Crippen LogP contribution in [0.15, 0.2) is 24.3 Å². The molecule has 0 aliphatic carbocycles. The first kappa shape index (κ1) is 16.0. The molecule has 0 aromatic heterocycles. The van der Waals surface area contributed by atoms with E-state index in [0.29, 0.717) is 5.92 Å². The Morgan fingerprint density at radius 3 is 2.52 bits per heavy atom. The first-order valence-corrected chi connectivity index (χ1v) is 7.90. The summed E-state index contributed by atoms with van der Waals surface area (Å²) in [5.41, 5.74) is 0.951. The summed E-state index contributed by atoms with van der Waals surface area (Å²) in [7, 11) is 0. The third-order valence-corrected chi connectivity index (χ3v) is 4.35. The van der Waals surface area contributed by atoms with E-state index in [1.807, 2.05) is 4.90 Å². The largest absolute Gasteiger partial charge is 0.322 e. The Balaban J connectivity index is 2.23. The van der Waals surface area contributed by atoms with Crippen LogP contribution in [0.1, 0.15) is 51.8 Å². The van der Waals surface area contributed by atoms with Crippen LogP contribution in [0.3, 0.4) is 0 Å². The molecule has 1 aliphatic rings. The summed E-state index contributed by atoms with van der Waals surface area (Å²) in [6.45, 7) is 7.06. The maximum absolute atomic E-state index is 13.1. The number of carbonyl (C=O) groups is 1. The van der Waals surface area contributed by atoms with Gasteiger partial charge in [0.05, 0.1) is 6.04 Å². The molecule has 0 saturated carbocycles. The standard InChI is InChI=1S/C17H25FN2O/c1-4-6-11-20-16(13-7-9-14(18)10-8-13)19-15(17(20)21)12(3)5-2/h7-10,12,15-16,19H,4-6,11H2,1-3H3. The fourth-order valence-corrected chi connectivity index (χ4v) is 2.77. The lowest BCUT2D eigenvalue weighted by atomic mass is 9.99. The Morgan fingerprint density at radius 2 is 1.95 bits per heavy atom. The molecule has 3 nitrogen and oxygen atoms in total. The fourth-order valence-electron chi connectivity index (χ4n) is 2.77. The van der Waals surface area contributed by atoms with Gasteiger partial charge in [0.2, 0.25) is 5.91 Å². The Morgan fingerprint density at radius 1 is 1.29 bits per heavy atom. The maximum atomic E-state index is 13.1. The summed E-state index contributed by atoms with van der Waals surface area (Å²) in [6.07, 6.45) is 2.86. The minimum absolute atomic E-state index is 0.136. The average molecular weight is 292 g/mol. The molecule has 1 aliphatic heterocycles. The Kier molecular flexibility index (Phi) is 5.34. The van der Waals surface area contributed by atoms with Gasteiger partial charge in [-0.15, -0.1) is 0 Å². The third-order valence-electron chi connectivity index (χ3n) is 4.35. The number of nitrogens with one attached hydrogen (secondary N) is 1. The molecule has 1 saturated heterocycles. The van der Waals surface area contributed by atoms with Crippen molar-refractivity contribution in [3.05, 3.63) is 35.6 Å². The molecule has 116 valence electrons. The third kappa shape index (κ3) is 3.43. The lowest BCUT2D eigenvalue weighted by Gasteiger charge is -2.24. The van der Waals surface area contributed by atoms with Crippen LogP contribution in [0.2, 0.25) is 0 Å². The van der Waals surface area contributed by atoms with E-state index in [2.05, 4.69) is 26.1 Å². The number of unbranched alkanes of at least 4 members (excludes halogenated alkanes) is 1. The number of rotatable bonds is 6. The summed E-state index contributed by atoms with van der Waals surface area (Å²) in [5, 5.41) is 3.44. The highest BCUT2D eigenvalue weighted by Crippen LogP contribution is 2.29. The quantitative estimate of drug-likeness (QED) is 0.870. The van der Waals surface area contributed by atoms with Crippen molar-refractivity contribution in [2.24, 2.45) is 5.92 Å². The van der Waals surface area contributed by atoms with Crippen LogP contribution in [0.25, 0.3) is 0 Å². The van der Waals surface area contributed by atoms with Crippen LogP contribution in [0.5, 0.6) is 0 Å². The minimum atomic E-state index is -0.248. The van der Waals surface area contributed by atoms with Crippen LogP contribution < -0.4 is 5.32 Å². The lowest BCUT2D eigenvalue weighted by molar-refractivity contribution is -0.131. The zero-order valence-electron chi connectivity index (χ0n) is 13.1.